The van der Waals surface area contributed by atoms with E-state index in [1.165, 1.54) is 19.3 Å². The minimum absolute atomic E-state index is 0.280. The van der Waals surface area contributed by atoms with E-state index in [-0.39, 0.29) is 5.56 Å². The Balaban J connectivity index is 2.27. The van der Waals surface area contributed by atoms with Crippen molar-refractivity contribution in [2.45, 2.75) is 46.1 Å². The highest BCUT2D eigenvalue weighted by atomic mass is 16.4. The van der Waals surface area contributed by atoms with Crippen LogP contribution in [-0.2, 0) is 6.54 Å². The van der Waals surface area contributed by atoms with E-state index in [2.05, 4.69) is 23.4 Å². The Bertz CT molecular complexity index is 589. The van der Waals surface area contributed by atoms with Gasteiger partial charge in [0.15, 0.2) is 0 Å². The van der Waals surface area contributed by atoms with Gasteiger partial charge in [0.2, 0.25) is 0 Å². The number of carboxylic acids is 1. The minimum Gasteiger partial charge on any atom is -0.478 e. The number of imidazole rings is 1. The summed E-state index contributed by atoms with van der Waals surface area (Å²) in [4.78, 5) is 15.5. The number of aromatic carboxylic acids is 1. The molecule has 0 aliphatic carbocycles. The molecule has 0 bridgehead atoms. The fourth-order valence-electron chi connectivity index (χ4n) is 2.60. The van der Waals surface area contributed by atoms with Crippen molar-refractivity contribution in [3.8, 4) is 0 Å². The number of benzene rings is 1. The highest BCUT2D eigenvalue weighted by Gasteiger charge is 2.14. The van der Waals surface area contributed by atoms with Crippen molar-refractivity contribution >= 4 is 17.0 Å². The van der Waals surface area contributed by atoms with Gasteiger partial charge in [0.05, 0.1) is 17.4 Å². The summed E-state index contributed by atoms with van der Waals surface area (Å²) in [5.41, 5.74) is 1.79. The maximum atomic E-state index is 11.2. The van der Waals surface area contributed by atoms with Crippen LogP contribution in [0.1, 0.15) is 49.9 Å². The number of para-hydroxylation sites is 1. The van der Waals surface area contributed by atoms with Gasteiger partial charge < -0.3 is 9.67 Å². The van der Waals surface area contributed by atoms with Crippen molar-refractivity contribution < 1.29 is 9.90 Å². The number of hydrogen-bond acceptors (Lipinski definition) is 2. The third-order valence-corrected chi connectivity index (χ3v) is 3.88. The van der Waals surface area contributed by atoms with Crippen molar-refractivity contribution in [3.63, 3.8) is 0 Å². The summed E-state index contributed by atoms with van der Waals surface area (Å²) in [5, 5.41) is 9.19. The van der Waals surface area contributed by atoms with Crippen LogP contribution < -0.4 is 0 Å². The molecule has 0 aliphatic rings. The van der Waals surface area contributed by atoms with E-state index in [4.69, 9.17) is 0 Å². The van der Waals surface area contributed by atoms with Gasteiger partial charge in [-0.25, -0.2) is 9.78 Å². The van der Waals surface area contributed by atoms with Crippen LogP contribution in [0.15, 0.2) is 24.5 Å². The third kappa shape index (κ3) is 3.00. The van der Waals surface area contributed by atoms with E-state index in [0.29, 0.717) is 11.4 Å². The first-order valence-electron chi connectivity index (χ1n) is 7.34. The number of unbranched alkanes of at least 4 members (excludes halogenated alkanes) is 1. The first-order valence-corrected chi connectivity index (χ1v) is 7.34. The molecule has 0 radical (unpaired) electrons. The molecule has 2 aromatic rings. The van der Waals surface area contributed by atoms with E-state index < -0.39 is 5.97 Å². The fraction of sp³-hybridized carbons (Fsp3) is 0.500. The lowest BCUT2D eigenvalue weighted by Gasteiger charge is -2.15. The fourth-order valence-corrected chi connectivity index (χ4v) is 2.60. The number of carbonyl (C=O) groups is 1. The Morgan fingerprint density at radius 2 is 2.20 bits per heavy atom. The second kappa shape index (κ2) is 6.55. The van der Waals surface area contributed by atoms with Gasteiger partial charge in [0.1, 0.15) is 5.52 Å². The molecule has 1 heterocycles. The largest absolute Gasteiger partial charge is 0.478 e. The lowest BCUT2D eigenvalue weighted by Crippen LogP contribution is -2.09. The van der Waals surface area contributed by atoms with Gasteiger partial charge in [0, 0.05) is 6.54 Å². The van der Waals surface area contributed by atoms with Crippen LogP contribution in [0.5, 0.6) is 0 Å². The molecule has 0 saturated heterocycles. The summed E-state index contributed by atoms with van der Waals surface area (Å²) in [7, 11) is 0. The first kappa shape index (κ1) is 14.6. The Morgan fingerprint density at radius 1 is 1.40 bits per heavy atom. The van der Waals surface area contributed by atoms with Crippen LogP contribution >= 0.6 is 0 Å². The van der Waals surface area contributed by atoms with Gasteiger partial charge in [-0.15, -0.1) is 0 Å². The summed E-state index contributed by atoms with van der Waals surface area (Å²) < 4.78 is 2.09. The predicted octanol–water partition coefficient (Wildman–Crippen LogP) is 3.95. The van der Waals surface area contributed by atoms with E-state index in [9.17, 15) is 9.90 Å². The summed E-state index contributed by atoms with van der Waals surface area (Å²) in [6, 6.07) is 5.34. The average Bonchev–Trinajstić information content (AvgIpc) is 2.86. The Kier molecular flexibility index (Phi) is 4.77. The van der Waals surface area contributed by atoms with Crippen molar-refractivity contribution in [3.05, 3.63) is 30.1 Å². The topological polar surface area (TPSA) is 55.1 Å². The van der Waals surface area contributed by atoms with Crippen LogP contribution in [0.2, 0.25) is 0 Å². The zero-order valence-electron chi connectivity index (χ0n) is 12.2. The van der Waals surface area contributed by atoms with E-state index >= 15 is 0 Å². The third-order valence-electron chi connectivity index (χ3n) is 3.88. The molecule has 0 spiro atoms. The molecule has 0 aliphatic heterocycles. The van der Waals surface area contributed by atoms with Crippen LogP contribution in [0.3, 0.4) is 0 Å². The molecule has 2 rings (SSSR count). The summed E-state index contributed by atoms with van der Waals surface area (Å²) in [6.07, 6.45) is 6.57. The van der Waals surface area contributed by atoms with Gasteiger partial charge in [-0.2, -0.15) is 0 Å². The predicted molar refractivity (Wildman–Crippen MR) is 80.0 cm³/mol. The quantitative estimate of drug-likeness (QED) is 0.831. The Morgan fingerprint density at radius 3 is 2.85 bits per heavy atom. The molecular formula is C16H22N2O2. The number of hydrogen-bond donors (Lipinski definition) is 1. The zero-order chi connectivity index (χ0) is 14.5. The van der Waals surface area contributed by atoms with E-state index in [1.54, 1.807) is 18.5 Å². The first-order chi connectivity index (χ1) is 9.67. The molecule has 4 heteroatoms. The molecule has 1 aromatic carbocycles. The summed E-state index contributed by atoms with van der Waals surface area (Å²) in [6.45, 7) is 5.33. The molecule has 1 aromatic heterocycles. The lowest BCUT2D eigenvalue weighted by molar-refractivity contribution is 0.0699. The van der Waals surface area contributed by atoms with E-state index in [0.717, 1.165) is 18.5 Å². The van der Waals surface area contributed by atoms with Crippen LogP contribution in [-0.4, -0.2) is 20.6 Å². The van der Waals surface area contributed by atoms with Gasteiger partial charge in [-0.1, -0.05) is 39.2 Å². The van der Waals surface area contributed by atoms with Crippen LogP contribution in [0, 0.1) is 5.92 Å². The average molecular weight is 274 g/mol. The number of carboxylic acid groups (broad SMARTS) is 1. The smallest absolute Gasteiger partial charge is 0.337 e. The van der Waals surface area contributed by atoms with Crippen molar-refractivity contribution in [2.75, 3.05) is 0 Å². The molecule has 4 nitrogen and oxygen atoms in total. The van der Waals surface area contributed by atoms with Crippen molar-refractivity contribution in [2.24, 2.45) is 5.92 Å². The number of nitrogens with zero attached hydrogens (tertiary/aromatic N) is 2. The van der Waals surface area contributed by atoms with Crippen LogP contribution in [0.4, 0.5) is 0 Å². The van der Waals surface area contributed by atoms with Gasteiger partial charge in [-0.05, 0) is 24.5 Å². The van der Waals surface area contributed by atoms with Gasteiger partial charge in [-0.3, -0.25) is 0 Å². The molecule has 1 unspecified atom stereocenters. The van der Waals surface area contributed by atoms with Crippen molar-refractivity contribution in [1.82, 2.24) is 9.55 Å². The number of rotatable bonds is 7. The molecule has 0 fully saturated rings. The zero-order valence-corrected chi connectivity index (χ0v) is 12.2. The molecule has 20 heavy (non-hydrogen) atoms. The van der Waals surface area contributed by atoms with Gasteiger partial charge >= 0.3 is 5.97 Å². The number of fused-ring (bicyclic) bond motifs is 1. The maximum Gasteiger partial charge on any atom is 0.337 e. The highest BCUT2D eigenvalue weighted by Crippen LogP contribution is 2.21. The monoisotopic (exact) mass is 274 g/mol. The molecule has 1 atom stereocenters. The highest BCUT2D eigenvalue weighted by molar-refractivity contribution is 6.00. The van der Waals surface area contributed by atoms with Crippen molar-refractivity contribution in [1.29, 1.82) is 0 Å². The molecule has 0 amide bonds. The Labute approximate surface area is 119 Å². The maximum absolute atomic E-state index is 11.2. The summed E-state index contributed by atoms with van der Waals surface area (Å²) in [5.74, 6) is -0.292. The second-order valence-corrected chi connectivity index (χ2v) is 5.29. The molecule has 0 saturated carbocycles. The molecule has 1 N–H and O–H groups in total. The van der Waals surface area contributed by atoms with Crippen LogP contribution in [0.25, 0.3) is 11.0 Å². The normalized spacial score (nSPS) is 12.7. The number of aromatic nitrogens is 2. The lowest BCUT2D eigenvalue weighted by atomic mass is 9.99. The SMILES string of the molecule is CCCCC(CC)Cn1cnc2c(C(=O)O)cccc21. The minimum atomic E-state index is -0.918. The van der Waals surface area contributed by atoms with E-state index in [1.807, 2.05) is 6.07 Å². The Hall–Kier alpha value is -1.84. The summed E-state index contributed by atoms with van der Waals surface area (Å²) >= 11 is 0. The second-order valence-electron chi connectivity index (χ2n) is 5.29. The molecule has 108 valence electrons. The van der Waals surface area contributed by atoms with Gasteiger partial charge in [0.25, 0.3) is 0 Å². The standard InChI is InChI=1S/C16H22N2O2/c1-3-5-7-12(4-2)10-18-11-17-15-13(16(19)20)8-6-9-14(15)18/h6,8-9,11-12H,3-5,7,10H2,1-2H3,(H,19,20). The molecular weight excluding hydrogens is 252 g/mol.